The summed E-state index contributed by atoms with van der Waals surface area (Å²) in [6.45, 7) is 3.67. The molecule has 0 amide bonds. The molecule has 0 radical (unpaired) electrons. The molecule has 1 fully saturated rings. The van der Waals surface area contributed by atoms with Crippen LogP contribution in [0.25, 0.3) is 0 Å². The highest BCUT2D eigenvalue weighted by Gasteiger charge is 2.14. The van der Waals surface area contributed by atoms with Crippen LogP contribution in [-0.2, 0) is 9.47 Å². The van der Waals surface area contributed by atoms with Crippen LogP contribution in [0.3, 0.4) is 0 Å². The summed E-state index contributed by atoms with van der Waals surface area (Å²) in [5.74, 6) is 1.64. The molecule has 1 aliphatic heterocycles. The van der Waals surface area contributed by atoms with Crippen LogP contribution in [-0.4, -0.2) is 33.5 Å². The maximum absolute atomic E-state index is 5.57. The third kappa shape index (κ3) is 7.34. The minimum atomic E-state index is 0.716. The molecule has 1 saturated heterocycles. The van der Waals surface area contributed by atoms with E-state index in [-0.39, 0.29) is 0 Å². The van der Waals surface area contributed by atoms with Crippen molar-refractivity contribution in [3.8, 4) is 0 Å². The predicted molar refractivity (Wildman–Crippen MR) is 75.7 cm³/mol. The van der Waals surface area contributed by atoms with Crippen molar-refractivity contribution in [1.82, 2.24) is 0 Å². The third-order valence-corrected chi connectivity index (χ3v) is 4.03. The smallest absolute Gasteiger partial charge is 0.0490 e. The van der Waals surface area contributed by atoms with Gasteiger partial charge in [0.2, 0.25) is 0 Å². The zero-order chi connectivity index (χ0) is 13.1. The van der Waals surface area contributed by atoms with Crippen molar-refractivity contribution in [2.24, 2.45) is 17.6 Å². The van der Waals surface area contributed by atoms with Gasteiger partial charge in [-0.05, 0) is 50.5 Å². The molecular weight excluding hydrogens is 226 g/mol. The van der Waals surface area contributed by atoms with E-state index in [0.717, 1.165) is 38.7 Å². The number of unbranched alkanes of at least 4 members (excludes halogenated alkanes) is 1. The largest absolute Gasteiger partial charge is 0.384 e. The Morgan fingerprint density at radius 3 is 2.56 bits per heavy atom. The zero-order valence-electron chi connectivity index (χ0n) is 12.0. The van der Waals surface area contributed by atoms with E-state index in [1.165, 1.54) is 44.9 Å². The molecule has 1 aliphatic rings. The van der Waals surface area contributed by atoms with Gasteiger partial charge in [-0.15, -0.1) is 0 Å². The van der Waals surface area contributed by atoms with Crippen molar-refractivity contribution < 1.29 is 9.47 Å². The minimum Gasteiger partial charge on any atom is -0.384 e. The molecule has 0 aromatic rings. The summed E-state index contributed by atoms with van der Waals surface area (Å²) < 4.78 is 10.7. The Morgan fingerprint density at radius 2 is 1.89 bits per heavy atom. The van der Waals surface area contributed by atoms with Crippen LogP contribution in [0.15, 0.2) is 0 Å². The maximum atomic E-state index is 5.57. The van der Waals surface area contributed by atoms with E-state index in [2.05, 4.69) is 0 Å². The monoisotopic (exact) mass is 257 g/mol. The Hall–Kier alpha value is -0.120. The lowest BCUT2D eigenvalue weighted by Crippen LogP contribution is -2.15. The molecule has 0 aliphatic carbocycles. The second kappa shape index (κ2) is 10.8. The molecule has 18 heavy (non-hydrogen) atoms. The molecule has 3 heteroatoms. The molecule has 0 bridgehead atoms. The van der Waals surface area contributed by atoms with Gasteiger partial charge in [-0.1, -0.05) is 19.3 Å². The first-order chi connectivity index (χ1) is 8.86. The van der Waals surface area contributed by atoms with E-state index in [4.69, 9.17) is 15.2 Å². The Bertz CT molecular complexity index is 181. The van der Waals surface area contributed by atoms with Gasteiger partial charge >= 0.3 is 0 Å². The van der Waals surface area contributed by atoms with Gasteiger partial charge in [0, 0.05) is 26.9 Å². The molecule has 0 saturated carbocycles. The molecule has 0 spiro atoms. The standard InChI is InChI=1S/C15H31NO2/c1-17-13-15(7-4-10-16)6-3-2-5-14-8-11-18-12-9-14/h14-15H,2-13,16H2,1H3. The summed E-state index contributed by atoms with van der Waals surface area (Å²) in [4.78, 5) is 0. The molecule has 0 aromatic carbocycles. The van der Waals surface area contributed by atoms with E-state index in [0.29, 0.717) is 5.92 Å². The van der Waals surface area contributed by atoms with Crippen molar-refractivity contribution in [3.63, 3.8) is 0 Å². The van der Waals surface area contributed by atoms with Crippen molar-refractivity contribution in [3.05, 3.63) is 0 Å². The molecule has 1 unspecified atom stereocenters. The fourth-order valence-corrected chi connectivity index (χ4v) is 2.85. The van der Waals surface area contributed by atoms with E-state index in [1.807, 2.05) is 0 Å². The lowest BCUT2D eigenvalue weighted by atomic mass is 9.91. The second-order valence-corrected chi connectivity index (χ2v) is 5.59. The van der Waals surface area contributed by atoms with Gasteiger partial charge in [0.25, 0.3) is 0 Å². The van der Waals surface area contributed by atoms with Gasteiger partial charge in [0.15, 0.2) is 0 Å². The highest BCUT2D eigenvalue weighted by atomic mass is 16.5. The van der Waals surface area contributed by atoms with Crippen LogP contribution in [0, 0.1) is 11.8 Å². The molecule has 1 rings (SSSR count). The Labute approximate surface area is 112 Å². The number of nitrogens with two attached hydrogens (primary N) is 1. The van der Waals surface area contributed by atoms with Crippen LogP contribution < -0.4 is 5.73 Å². The molecule has 0 aromatic heterocycles. The summed E-state index contributed by atoms with van der Waals surface area (Å²) in [5, 5.41) is 0. The summed E-state index contributed by atoms with van der Waals surface area (Å²) in [6.07, 6.45) is 10.3. The number of rotatable bonds is 10. The Balaban J connectivity index is 2.02. The van der Waals surface area contributed by atoms with E-state index >= 15 is 0 Å². The normalized spacial score (nSPS) is 19.0. The number of hydrogen-bond donors (Lipinski definition) is 1. The van der Waals surface area contributed by atoms with Gasteiger partial charge < -0.3 is 15.2 Å². The third-order valence-electron chi connectivity index (χ3n) is 4.03. The molecule has 1 atom stereocenters. The Morgan fingerprint density at radius 1 is 1.17 bits per heavy atom. The van der Waals surface area contributed by atoms with E-state index in [9.17, 15) is 0 Å². The van der Waals surface area contributed by atoms with Crippen LogP contribution in [0.5, 0.6) is 0 Å². The molecule has 108 valence electrons. The zero-order valence-corrected chi connectivity index (χ0v) is 12.0. The SMILES string of the molecule is COCC(CCCN)CCCCC1CCOCC1. The van der Waals surface area contributed by atoms with Crippen LogP contribution in [0.1, 0.15) is 51.4 Å². The highest BCUT2D eigenvalue weighted by Crippen LogP contribution is 2.23. The van der Waals surface area contributed by atoms with Crippen molar-refractivity contribution in [2.75, 3.05) is 33.5 Å². The topological polar surface area (TPSA) is 44.5 Å². The van der Waals surface area contributed by atoms with Crippen molar-refractivity contribution in [1.29, 1.82) is 0 Å². The molecule has 1 heterocycles. The van der Waals surface area contributed by atoms with Gasteiger partial charge in [0.1, 0.15) is 0 Å². The van der Waals surface area contributed by atoms with E-state index < -0.39 is 0 Å². The quantitative estimate of drug-likeness (QED) is 0.612. The van der Waals surface area contributed by atoms with Crippen molar-refractivity contribution >= 4 is 0 Å². The summed E-state index contributed by atoms with van der Waals surface area (Å²) in [6, 6.07) is 0. The fraction of sp³-hybridized carbons (Fsp3) is 1.00. The van der Waals surface area contributed by atoms with Gasteiger partial charge in [0.05, 0.1) is 0 Å². The maximum Gasteiger partial charge on any atom is 0.0490 e. The molecule has 2 N–H and O–H groups in total. The lowest BCUT2D eigenvalue weighted by Gasteiger charge is -2.22. The molecule has 3 nitrogen and oxygen atoms in total. The fourth-order valence-electron chi connectivity index (χ4n) is 2.85. The van der Waals surface area contributed by atoms with Crippen LogP contribution >= 0.6 is 0 Å². The number of ether oxygens (including phenoxy) is 2. The first kappa shape index (κ1) is 15.9. The second-order valence-electron chi connectivity index (χ2n) is 5.59. The molecular formula is C15H31NO2. The average Bonchev–Trinajstić information content (AvgIpc) is 2.42. The highest BCUT2D eigenvalue weighted by molar-refractivity contribution is 4.65. The predicted octanol–water partition coefficient (Wildman–Crippen LogP) is 2.97. The summed E-state index contributed by atoms with van der Waals surface area (Å²) >= 11 is 0. The summed E-state index contributed by atoms with van der Waals surface area (Å²) in [5.41, 5.74) is 5.57. The van der Waals surface area contributed by atoms with Crippen LogP contribution in [0.4, 0.5) is 0 Å². The average molecular weight is 257 g/mol. The van der Waals surface area contributed by atoms with Crippen LogP contribution in [0.2, 0.25) is 0 Å². The van der Waals surface area contributed by atoms with E-state index in [1.54, 1.807) is 7.11 Å². The number of hydrogen-bond acceptors (Lipinski definition) is 3. The van der Waals surface area contributed by atoms with Gasteiger partial charge in [-0.25, -0.2) is 0 Å². The van der Waals surface area contributed by atoms with Gasteiger partial charge in [-0.2, -0.15) is 0 Å². The number of methoxy groups -OCH3 is 1. The van der Waals surface area contributed by atoms with Gasteiger partial charge in [-0.3, -0.25) is 0 Å². The lowest BCUT2D eigenvalue weighted by molar-refractivity contribution is 0.0628. The van der Waals surface area contributed by atoms with Crippen molar-refractivity contribution in [2.45, 2.75) is 51.4 Å². The first-order valence-electron chi connectivity index (χ1n) is 7.63. The summed E-state index contributed by atoms with van der Waals surface area (Å²) in [7, 11) is 1.80. The Kier molecular flexibility index (Phi) is 9.54. The first-order valence-corrected chi connectivity index (χ1v) is 7.63. The minimum absolute atomic E-state index is 0.716.